The second-order valence-electron chi connectivity index (χ2n) is 9.93. The predicted molar refractivity (Wildman–Crippen MR) is 111 cm³/mol. The van der Waals surface area contributed by atoms with Crippen LogP contribution in [0, 0.1) is 29.6 Å². The summed E-state index contributed by atoms with van der Waals surface area (Å²) >= 11 is 0. The van der Waals surface area contributed by atoms with Crippen molar-refractivity contribution in [1.82, 2.24) is 4.90 Å². The van der Waals surface area contributed by atoms with Crippen LogP contribution in [0.1, 0.15) is 57.8 Å². The van der Waals surface area contributed by atoms with Gasteiger partial charge in [-0.05, 0) is 80.6 Å². The number of morpholine rings is 1. The van der Waals surface area contributed by atoms with Crippen LogP contribution >= 0.6 is 0 Å². The molecule has 1 aliphatic heterocycles. The Hall–Kier alpha value is -1.07. The first-order valence-corrected chi connectivity index (χ1v) is 12.1. The van der Waals surface area contributed by atoms with E-state index in [1.165, 1.54) is 51.4 Å². The van der Waals surface area contributed by atoms with E-state index in [1.54, 1.807) is 5.57 Å². The van der Waals surface area contributed by atoms with Crippen LogP contribution in [-0.4, -0.2) is 56.6 Å². The third-order valence-corrected chi connectivity index (χ3v) is 8.59. The Labute approximate surface area is 175 Å². The molecule has 3 saturated carbocycles. The van der Waals surface area contributed by atoms with Gasteiger partial charge in [0.05, 0.1) is 13.2 Å². The van der Waals surface area contributed by atoms with Crippen molar-refractivity contribution in [1.29, 1.82) is 0 Å². The number of carbonyl (C=O) groups is 1. The Morgan fingerprint density at radius 1 is 1.00 bits per heavy atom. The molecule has 5 nitrogen and oxygen atoms in total. The molecule has 0 amide bonds. The van der Waals surface area contributed by atoms with Crippen molar-refractivity contribution < 1.29 is 19.0 Å². The highest BCUT2D eigenvalue weighted by Crippen LogP contribution is 2.56. The minimum atomic E-state index is -0.501. The SMILES string of the molecule is O=C(OCCN1CCOCC1)OC1C=C2CCC3C4CCCC4CCC3C2CC1. The highest BCUT2D eigenvalue weighted by molar-refractivity contribution is 5.60. The van der Waals surface area contributed by atoms with Crippen molar-refractivity contribution in [2.45, 2.75) is 63.9 Å². The summed E-state index contributed by atoms with van der Waals surface area (Å²) in [5.74, 6) is 4.68. The van der Waals surface area contributed by atoms with E-state index in [2.05, 4.69) is 11.0 Å². The van der Waals surface area contributed by atoms with E-state index >= 15 is 0 Å². The molecule has 29 heavy (non-hydrogen) atoms. The molecule has 0 aromatic heterocycles. The average Bonchev–Trinajstić information content (AvgIpc) is 3.23. The Balaban J connectivity index is 1.11. The molecule has 0 bridgehead atoms. The van der Waals surface area contributed by atoms with Crippen LogP contribution in [0.5, 0.6) is 0 Å². The van der Waals surface area contributed by atoms with Crippen LogP contribution in [-0.2, 0) is 14.2 Å². The molecule has 162 valence electrons. The molecule has 5 rings (SSSR count). The molecule has 5 aliphatic rings. The van der Waals surface area contributed by atoms with Gasteiger partial charge in [0.15, 0.2) is 0 Å². The first-order valence-electron chi connectivity index (χ1n) is 12.1. The smallest absolute Gasteiger partial charge is 0.433 e. The van der Waals surface area contributed by atoms with E-state index in [0.717, 1.165) is 68.9 Å². The third-order valence-electron chi connectivity index (χ3n) is 8.59. The van der Waals surface area contributed by atoms with Gasteiger partial charge in [-0.2, -0.15) is 0 Å². The molecule has 0 aromatic carbocycles. The number of hydrogen-bond donors (Lipinski definition) is 0. The Bertz CT molecular complexity index is 614. The molecular formula is C24H37NO4. The van der Waals surface area contributed by atoms with Crippen molar-refractivity contribution in [2.75, 3.05) is 39.5 Å². The second kappa shape index (κ2) is 8.97. The fourth-order valence-corrected chi connectivity index (χ4v) is 7.25. The highest BCUT2D eigenvalue weighted by Gasteiger charge is 2.47. The van der Waals surface area contributed by atoms with Crippen LogP contribution in [0.4, 0.5) is 4.79 Å². The topological polar surface area (TPSA) is 48.0 Å². The number of allylic oxidation sites excluding steroid dienone is 1. The summed E-state index contributed by atoms with van der Waals surface area (Å²) < 4.78 is 16.3. The zero-order chi connectivity index (χ0) is 19.6. The second-order valence-corrected chi connectivity index (χ2v) is 9.93. The Morgan fingerprint density at radius 3 is 2.79 bits per heavy atom. The molecule has 0 spiro atoms. The molecule has 0 aromatic rings. The lowest BCUT2D eigenvalue weighted by Crippen LogP contribution is -2.41. The van der Waals surface area contributed by atoms with Crippen molar-refractivity contribution in [3.63, 3.8) is 0 Å². The molecule has 5 heteroatoms. The van der Waals surface area contributed by atoms with Crippen LogP contribution in [0.3, 0.4) is 0 Å². The summed E-state index contributed by atoms with van der Waals surface area (Å²) in [5, 5.41) is 0. The van der Waals surface area contributed by atoms with Gasteiger partial charge in [-0.15, -0.1) is 0 Å². The van der Waals surface area contributed by atoms with Gasteiger partial charge in [-0.3, -0.25) is 4.90 Å². The zero-order valence-corrected chi connectivity index (χ0v) is 17.7. The number of carbonyl (C=O) groups excluding carboxylic acids is 1. The quantitative estimate of drug-likeness (QED) is 0.514. The Morgan fingerprint density at radius 2 is 1.90 bits per heavy atom. The minimum absolute atomic E-state index is 0.0866. The summed E-state index contributed by atoms with van der Waals surface area (Å²) in [4.78, 5) is 14.4. The number of nitrogens with zero attached hydrogens (tertiary/aromatic N) is 1. The molecule has 1 saturated heterocycles. The van der Waals surface area contributed by atoms with E-state index in [-0.39, 0.29) is 6.10 Å². The highest BCUT2D eigenvalue weighted by atomic mass is 16.7. The lowest BCUT2D eigenvalue weighted by Gasteiger charge is -2.49. The molecule has 6 atom stereocenters. The average molecular weight is 404 g/mol. The van der Waals surface area contributed by atoms with Crippen LogP contribution in [0.25, 0.3) is 0 Å². The molecular weight excluding hydrogens is 366 g/mol. The summed E-state index contributed by atoms with van der Waals surface area (Å²) in [6.45, 7) is 4.53. The van der Waals surface area contributed by atoms with Gasteiger partial charge in [0, 0.05) is 19.6 Å². The number of rotatable bonds is 4. The van der Waals surface area contributed by atoms with Gasteiger partial charge in [0.1, 0.15) is 12.7 Å². The lowest BCUT2D eigenvalue weighted by atomic mass is 9.56. The van der Waals surface area contributed by atoms with Crippen molar-refractivity contribution in [2.24, 2.45) is 29.6 Å². The van der Waals surface area contributed by atoms with E-state index < -0.39 is 6.16 Å². The van der Waals surface area contributed by atoms with Gasteiger partial charge >= 0.3 is 6.16 Å². The predicted octanol–water partition coefficient (Wildman–Crippen LogP) is 4.41. The van der Waals surface area contributed by atoms with Gasteiger partial charge in [0.25, 0.3) is 0 Å². The van der Waals surface area contributed by atoms with E-state index in [9.17, 15) is 4.79 Å². The first kappa shape index (κ1) is 19.9. The van der Waals surface area contributed by atoms with Gasteiger partial charge in [-0.1, -0.05) is 18.4 Å². The molecule has 1 heterocycles. The van der Waals surface area contributed by atoms with Crippen LogP contribution in [0.15, 0.2) is 11.6 Å². The summed E-state index contributed by atoms with van der Waals surface area (Å²) in [7, 11) is 0. The summed E-state index contributed by atoms with van der Waals surface area (Å²) in [6, 6.07) is 0. The zero-order valence-electron chi connectivity index (χ0n) is 17.7. The number of hydrogen-bond acceptors (Lipinski definition) is 5. The van der Waals surface area contributed by atoms with E-state index in [4.69, 9.17) is 14.2 Å². The van der Waals surface area contributed by atoms with Gasteiger partial charge in [-0.25, -0.2) is 4.79 Å². The molecule has 0 radical (unpaired) electrons. The first-order chi connectivity index (χ1) is 14.3. The maximum Gasteiger partial charge on any atom is 0.508 e. The molecule has 6 unspecified atom stereocenters. The number of fused-ring (bicyclic) bond motifs is 5. The fourth-order valence-electron chi connectivity index (χ4n) is 7.25. The van der Waals surface area contributed by atoms with Gasteiger partial charge in [0.2, 0.25) is 0 Å². The third kappa shape index (κ3) is 4.36. The molecule has 0 N–H and O–H groups in total. The normalized spacial score (nSPS) is 39.7. The maximum atomic E-state index is 12.1. The standard InChI is InChI=1S/C24H37NO4/c26-24(28-15-12-25-10-13-27-14-11-25)29-19-6-9-21-18(16-19)5-8-22-20-3-1-2-17(20)4-7-23(21)22/h16-17,19-23H,1-15H2. The molecule has 4 fully saturated rings. The Kier molecular flexibility index (Phi) is 6.14. The summed E-state index contributed by atoms with van der Waals surface area (Å²) in [5.41, 5.74) is 1.58. The van der Waals surface area contributed by atoms with Crippen LogP contribution < -0.4 is 0 Å². The largest absolute Gasteiger partial charge is 0.508 e. The monoisotopic (exact) mass is 403 g/mol. The number of ether oxygens (including phenoxy) is 3. The van der Waals surface area contributed by atoms with E-state index in [1.807, 2.05) is 0 Å². The fraction of sp³-hybridized carbons (Fsp3) is 0.875. The maximum absolute atomic E-state index is 12.1. The van der Waals surface area contributed by atoms with Crippen molar-refractivity contribution >= 4 is 6.16 Å². The molecule has 4 aliphatic carbocycles. The lowest BCUT2D eigenvalue weighted by molar-refractivity contribution is 0.00245. The van der Waals surface area contributed by atoms with Crippen molar-refractivity contribution in [3.05, 3.63) is 11.6 Å². The van der Waals surface area contributed by atoms with Crippen molar-refractivity contribution in [3.8, 4) is 0 Å². The van der Waals surface area contributed by atoms with E-state index in [0.29, 0.717) is 6.61 Å². The summed E-state index contributed by atoms with van der Waals surface area (Å²) in [6.07, 6.45) is 13.8. The van der Waals surface area contributed by atoms with Crippen LogP contribution in [0.2, 0.25) is 0 Å². The van der Waals surface area contributed by atoms with Gasteiger partial charge < -0.3 is 14.2 Å². The minimum Gasteiger partial charge on any atom is -0.433 e.